The monoisotopic (exact) mass is 180 g/mol. The van der Waals surface area contributed by atoms with Crippen LogP contribution in [0.25, 0.3) is 0 Å². The molecule has 1 N–H and O–H groups in total. The molecule has 1 rings (SSSR count). The van der Waals surface area contributed by atoms with Crippen LogP contribution in [0.4, 0.5) is 4.39 Å². The van der Waals surface area contributed by atoms with Gasteiger partial charge in [0.25, 0.3) is 0 Å². The van der Waals surface area contributed by atoms with Gasteiger partial charge in [0.1, 0.15) is 5.82 Å². The van der Waals surface area contributed by atoms with Crippen LogP contribution in [0.5, 0.6) is 0 Å². The first-order chi connectivity index (χ1) is 6.16. The molecule has 0 spiro atoms. The lowest BCUT2D eigenvalue weighted by Crippen LogP contribution is -2.00. The predicted molar refractivity (Wildman–Crippen MR) is 50.9 cm³/mol. The summed E-state index contributed by atoms with van der Waals surface area (Å²) >= 11 is 0. The lowest BCUT2D eigenvalue weighted by atomic mass is 10.0. The van der Waals surface area contributed by atoms with E-state index in [0.29, 0.717) is 17.5 Å². The molecule has 0 aliphatic rings. The first kappa shape index (κ1) is 9.93. The highest BCUT2D eigenvalue weighted by Crippen LogP contribution is 2.22. The summed E-state index contributed by atoms with van der Waals surface area (Å²) in [5.41, 5.74) is 1.15. The molecule has 70 valence electrons. The largest absolute Gasteiger partial charge is 0.388 e. The third kappa shape index (κ3) is 2.16. The topological polar surface area (TPSA) is 20.2 Å². The lowest BCUT2D eigenvalue weighted by Gasteiger charge is -2.11. The third-order valence-electron chi connectivity index (χ3n) is 2.06. The minimum atomic E-state index is -0.645. The van der Waals surface area contributed by atoms with Crippen molar-refractivity contribution >= 4 is 0 Å². The van der Waals surface area contributed by atoms with Crippen molar-refractivity contribution in [2.24, 2.45) is 0 Å². The van der Waals surface area contributed by atoms with E-state index < -0.39 is 6.10 Å². The Kier molecular flexibility index (Phi) is 3.20. The molecule has 1 aromatic rings. The molecule has 0 saturated carbocycles. The zero-order valence-corrected chi connectivity index (χ0v) is 7.63. The Morgan fingerprint density at radius 3 is 2.92 bits per heavy atom. The fourth-order valence-corrected chi connectivity index (χ4v) is 1.27. The summed E-state index contributed by atoms with van der Waals surface area (Å²) in [6.07, 6.45) is 1.42. The van der Waals surface area contributed by atoms with Crippen molar-refractivity contribution in [3.63, 3.8) is 0 Å². The number of hydrogen-bond donors (Lipinski definition) is 1. The molecule has 0 saturated heterocycles. The summed E-state index contributed by atoms with van der Waals surface area (Å²) in [6, 6.07) is 4.72. The molecular formula is C11H13FO. The van der Waals surface area contributed by atoms with E-state index in [1.54, 1.807) is 25.1 Å². The Labute approximate surface area is 77.5 Å². The Bertz CT molecular complexity index is 307. The molecule has 0 radical (unpaired) electrons. The molecule has 0 aliphatic carbocycles. The van der Waals surface area contributed by atoms with Gasteiger partial charge < -0.3 is 5.11 Å². The van der Waals surface area contributed by atoms with E-state index in [1.807, 2.05) is 0 Å². The van der Waals surface area contributed by atoms with Gasteiger partial charge in [0.15, 0.2) is 0 Å². The summed E-state index contributed by atoms with van der Waals surface area (Å²) in [5.74, 6) is -0.277. The van der Waals surface area contributed by atoms with Crippen LogP contribution >= 0.6 is 0 Å². The predicted octanol–water partition coefficient (Wildman–Crippen LogP) is 2.74. The number of aliphatic hydroxyl groups is 1. The molecule has 0 aliphatic heterocycles. The van der Waals surface area contributed by atoms with Gasteiger partial charge in [-0.1, -0.05) is 18.2 Å². The molecule has 0 heterocycles. The first-order valence-electron chi connectivity index (χ1n) is 4.20. The Morgan fingerprint density at radius 2 is 2.31 bits per heavy atom. The highest BCUT2D eigenvalue weighted by molar-refractivity contribution is 5.29. The van der Waals surface area contributed by atoms with Gasteiger partial charge in [0.05, 0.1) is 6.10 Å². The number of halogens is 1. The lowest BCUT2D eigenvalue weighted by molar-refractivity contribution is 0.180. The van der Waals surface area contributed by atoms with Gasteiger partial charge in [-0.15, -0.1) is 6.58 Å². The van der Waals surface area contributed by atoms with Gasteiger partial charge in [-0.2, -0.15) is 0 Å². The Morgan fingerprint density at radius 1 is 1.62 bits per heavy atom. The molecule has 13 heavy (non-hydrogen) atoms. The zero-order chi connectivity index (χ0) is 9.84. The maximum atomic E-state index is 13.0. The second-order valence-electron chi connectivity index (χ2n) is 2.99. The fraction of sp³-hybridized carbons (Fsp3) is 0.273. The van der Waals surface area contributed by atoms with E-state index in [4.69, 9.17) is 0 Å². The van der Waals surface area contributed by atoms with Crippen molar-refractivity contribution < 1.29 is 9.50 Å². The summed E-state index contributed by atoms with van der Waals surface area (Å²) in [5, 5.41) is 9.59. The van der Waals surface area contributed by atoms with Gasteiger partial charge in [0.2, 0.25) is 0 Å². The average molecular weight is 180 g/mol. The third-order valence-corrected chi connectivity index (χ3v) is 2.06. The molecule has 0 fully saturated rings. The van der Waals surface area contributed by atoms with Gasteiger partial charge in [-0.25, -0.2) is 4.39 Å². The van der Waals surface area contributed by atoms with Crippen molar-refractivity contribution in [1.82, 2.24) is 0 Å². The molecule has 0 amide bonds. The van der Waals surface area contributed by atoms with E-state index in [0.717, 1.165) is 0 Å². The SMILES string of the molecule is C=CCC(O)c1cccc(F)c1C. The van der Waals surface area contributed by atoms with Crippen LogP contribution < -0.4 is 0 Å². The van der Waals surface area contributed by atoms with Crippen LogP contribution in [-0.2, 0) is 0 Å². The molecular weight excluding hydrogens is 167 g/mol. The van der Waals surface area contributed by atoms with Crippen LogP contribution in [0.3, 0.4) is 0 Å². The van der Waals surface area contributed by atoms with E-state index in [2.05, 4.69) is 6.58 Å². The van der Waals surface area contributed by atoms with Crippen LogP contribution in [0.15, 0.2) is 30.9 Å². The summed E-state index contributed by atoms with van der Waals surface area (Å²) < 4.78 is 13.0. The smallest absolute Gasteiger partial charge is 0.126 e. The second-order valence-corrected chi connectivity index (χ2v) is 2.99. The number of aliphatic hydroxyl groups excluding tert-OH is 1. The van der Waals surface area contributed by atoms with Gasteiger partial charge in [-0.3, -0.25) is 0 Å². The van der Waals surface area contributed by atoms with E-state index in [9.17, 15) is 9.50 Å². The molecule has 0 aromatic heterocycles. The van der Waals surface area contributed by atoms with Gasteiger partial charge in [-0.05, 0) is 30.5 Å². The maximum absolute atomic E-state index is 13.0. The van der Waals surface area contributed by atoms with Crippen molar-refractivity contribution in [2.75, 3.05) is 0 Å². The van der Waals surface area contributed by atoms with E-state index in [-0.39, 0.29) is 5.82 Å². The van der Waals surface area contributed by atoms with E-state index in [1.165, 1.54) is 6.07 Å². The van der Waals surface area contributed by atoms with Crippen molar-refractivity contribution in [3.8, 4) is 0 Å². The highest BCUT2D eigenvalue weighted by atomic mass is 19.1. The molecule has 0 bridgehead atoms. The minimum absolute atomic E-state index is 0.277. The summed E-state index contributed by atoms with van der Waals surface area (Å²) in [6.45, 7) is 5.19. The number of rotatable bonds is 3. The Balaban J connectivity index is 3.00. The zero-order valence-electron chi connectivity index (χ0n) is 7.63. The van der Waals surface area contributed by atoms with Crippen molar-refractivity contribution in [1.29, 1.82) is 0 Å². The maximum Gasteiger partial charge on any atom is 0.126 e. The quantitative estimate of drug-likeness (QED) is 0.709. The highest BCUT2D eigenvalue weighted by Gasteiger charge is 2.10. The van der Waals surface area contributed by atoms with Crippen LogP contribution in [0.1, 0.15) is 23.7 Å². The Hall–Kier alpha value is -1.15. The molecule has 1 unspecified atom stereocenters. The van der Waals surface area contributed by atoms with Gasteiger partial charge >= 0.3 is 0 Å². The fourth-order valence-electron chi connectivity index (χ4n) is 1.27. The van der Waals surface area contributed by atoms with Crippen LogP contribution in [0, 0.1) is 12.7 Å². The molecule has 2 heteroatoms. The first-order valence-corrected chi connectivity index (χ1v) is 4.20. The second kappa shape index (κ2) is 4.19. The van der Waals surface area contributed by atoms with Crippen molar-refractivity contribution in [3.05, 3.63) is 47.8 Å². The van der Waals surface area contributed by atoms with Crippen LogP contribution in [-0.4, -0.2) is 5.11 Å². The minimum Gasteiger partial charge on any atom is -0.388 e. The van der Waals surface area contributed by atoms with Crippen LogP contribution in [0.2, 0.25) is 0 Å². The summed E-state index contributed by atoms with van der Waals surface area (Å²) in [4.78, 5) is 0. The molecule has 1 nitrogen and oxygen atoms in total. The number of benzene rings is 1. The van der Waals surface area contributed by atoms with E-state index >= 15 is 0 Å². The van der Waals surface area contributed by atoms with Crippen molar-refractivity contribution in [2.45, 2.75) is 19.4 Å². The standard InChI is InChI=1S/C11H13FO/c1-3-5-11(13)9-6-4-7-10(12)8(9)2/h3-4,6-7,11,13H,1,5H2,2H3. The molecule has 1 atom stereocenters. The number of hydrogen-bond acceptors (Lipinski definition) is 1. The van der Waals surface area contributed by atoms with Gasteiger partial charge in [0, 0.05) is 0 Å². The average Bonchev–Trinajstić information content (AvgIpc) is 2.10. The summed E-state index contributed by atoms with van der Waals surface area (Å²) in [7, 11) is 0. The normalized spacial score (nSPS) is 12.5. The molecule has 1 aromatic carbocycles.